The molecule has 1 heterocycles. The number of rotatable bonds is 6. The van der Waals surface area contributed by atoms with Crippen molar-refractivity contribution in [3.05, 3.63) is 59.7 Å². The Morgan fingerprint density at radius 1 is 1.11 bits per heavy atom. The second-order valence-electron chi connectivity index (χ2n) is 6.04. The van der Waals surface area contributed by atoms with Gasteiger partial charge in [-0.25, -0.2) is 8.42 Å². The lowest BCUT2D eigenvalue weighted by atomic mass is 10.2. The lowest BCUT2D eigenvalue weighted by Gasteiger charge is -2.26. The van der Waals surface area contributed by atoms with Crippen LogP contribution in [0.5, 0.6) is 5.75 Å². The van der Waals surface area contributed by atoms with Gasteiger partial charge in [0, 0.05) is 30.8 Å². The number of para-hydroxylation sites is 1. The third kappa shape index (κ3) is 4.47. The van der Waals surface area contributed by atoms with Crippen molar-refractivity contribution in [2.24, 2.45) is 0 Å². The zero-order valence-electron chi connectivity index (χ0n) is 15.1. The van der Waals surface area contributed by atoms with Crippen LogP contribution in [-0.2, 0) is 21.3 Å². The van der Waals surface area contributed by atoms with Crippen LogP contribution in [0.1, 0.15) is 15.9 Å². The van der Waals surface area contributed by atoms with E-state index in [1.165, 1.54) is 28.6 Å². The largest absolute Gasteiger partial charge is 0.496 e. The first-order chi connectivity index (χ1) is 13.0. The number of carbonyl (C=O) groups is 1. The maximum absolute atomic E-state index is 12.6. The van der Waals surface area contributed by atoms with Gasteiger partial charge in [0.1, 0.15) is 5.75 Å². The second-order valence-corrected chi connectivity index (χ2v) is 7.97. The molecule has 1 N–H and O–H groups in total. The van der Waals surface area contributed by atoms with Gasteiger partial charge in [0.15, 0.2) is 0 Å². The van der Waals surface area contributed by atoms with Gasteiger partial charge < -0.3 is 14.8 Å². The molecule has 0 radical (unpaired) electrons. The number of nitrogens with zero attached hydrogens (tertiary/aromatic N) is 1. The Bertz CT molecular complexity index is 891. The molecule has 0 unspecified atom stereocenters. The molecule has 144 valence electrons. The van der Waals surface area contributed by atoms with Crippen LogP contribution in [0.3, 0.4) is 0 Å². The molecule has 0 saturated carbocycles. The molecule has 7 nitrogen and oxygen atoms in total. The molecule has 3 rings (SSSR count). The SMILES string of the molecule is COc1ccccc1CNC(=O)c1ccc(S(=O)(=O)N2CCOCC2)cc1. The maximum atomic E-state index is 12.6. The fraction of sp³-hybridized carbons (Fsp3) is 0.316. The Labute approximate surface area is 158 Å². The number of methoxy groups -OCH3 is 1. The first-order valence-electron chi connectivity index (χ1n) is 8.60. The number of amides is 1. The van der Waals surface area contributed by atoms with Crippen molar-refractivity contribution < 1.29 is 22.7 Å². The fourth-order valence-electron chi connectivity index (χ4n) is 2.84. The Morgan fingerprint density at radius 3 is 2.44 bits per heavy atom. The van der Waals surface area contributed by atoms with Gasteiger partial charge >= 0.3 is 0 Å². The minimum Gasteiger partial charge on any atom is -0.496 e. The fourth-order valence-corrected chi connectivity index (χ4v) is 4.25. The number of hydrogen-bond acceptors (Lipinski definition) is 5. The van der Waals surface area contributed by atoms with Crippen molar-refractivity contribution in [2.45, 2.75) is 11.4 Å². The van der Waals surface area contributed by atoms with Gasteiger partial charge in [-0.1, -0.05) is 18.2 Å². The summed E-state index contributed by atoms with van der Waals surface area (Å²) in [5, 5.41) is 2.82. The highest BCUT2D eigenvalue weighted by Gasteiger charge is 2.26. The third-order valence-electron chi connectivity index (χ3n) is 4.36. The van der Waals surface area contributed by atoms with E-state index in [-0.39, 0.29) is 10.8 Å². The van der Waals surface area contributed by atoms with E-state index in [1.54, 1.807) is 7.11 Å². The maximum Gasteiger partial charge on any atom is 0.251 e. The molecule has 2 aromatic carbocycles. The van der Waals surface area contributed by atoms with E-state index in [9.17, 15) is 13.2 Å². The summed E-state index contributed by atoms with van der Waals surface area (Å²) < 4.78 is 37.1. The predicted molar refractivity (Wildman–Crippen MR) is 100 cm³/mol. The molecule has 27 heavy (non-hydrogen) atoms. The van der Waals surface area contributed by atoms with E-state index in [4.69, 9.17) is 9.47 Å². The average Bonchev–Trinajstić information content (AvgIpc) is 2.73. The van der Waals surface area contributed by atoms with E-state index >= 15 is 0 Å². The molecular weight excluding hydrogens is 368 g/mol. The van der Waals surface area contributed by atoms with Crippen molar-refractivity contribution in [3.63, 3.8) is 0 Å². The molecule has 0 aliphatic carbocycles. The van der Waals surface area contributed by atoms with Crippen LogP contribution in [0, 0.1) is 0 Å². The van der Waals surface area contributed by atoms with Crippen LogP contribution in [0.4, 0.5) is 0 Å². The number of carbonyl (C=O) groups excluding carboxylic acids is 1. The summed E-state index contributed by atoms with van der Waals surface area (Å²) in [7, 11) is -1.99. The average molecular weight is 390 g/mol. The van der Waals surface area contributed by atoms with Crippen molar-refractivity contribution in [1.29, 1.82) is 0 Å². The Balaban J connectivity index is 1.66. The van der Waals surface area contributed by atoms with Crippen LogP contribution in [-0.4, -0.2) is 52.0 Å². The summed E-state index contributed by atoms with van der Waals surface area (Å²) in [6.45, 7) is 1.77. The zero-order valence-corrected chi connectivity index (χ0v) is 15.9. The van der Waals surface area contributed by atoms with Crippen LogP contribution in [0.15, 0.2) is 53.4 Å². The molecular formula is C19H22N2O5S. The highest BCUT2D eigenvalue weighted by atomic mass is 32.2. The third-order valence-corrected chi connectivity index (χ3v) is 6.27. The summed E-state index contributed by atoms with van der Waals surface area (Å²) in [5.41, 5.74) is 1.26. The minimum absolute atomic E-state index is 0.172. The smallest absolute Gasteiger partial charge is 0.251 e. The van der Waals surface area contributed by atoms with Crippen molar-refractivity contribution >= 4 is 15.9 Å². The van der Waals surface area contributed by atoms with Crippen LogP contribution < -0.4 is 10.1 Å². The van der Waals surface area contributed by atoms with Gasteiger partial charge in [0.2, 0.25) is 10.0 Å². The Morgan fingerprint density at radius 2 is 1.78 bits per heavy atom. The summed E-state index contributed by atoms with van der Waals surface area (Å²) in [5.74, 6) is 0.418. The topological polar surface area (TPSA) is 84.9 Å². The van der Waals surface area contributed by atoms with Crippen LogP contribution in [0.25, 0.3) is 0 Å². The molecule has 8 heteroatoms. The van der Waals surface area contributed by atoms with E-state index < -0.39 is 10.0 Å². The minimum atomic E-state index is -3.56. The summed E-state index contributed by atoms with van der Waals surface area (Å²) in [6, 6.07) is 13.4. The number of ether oxygens (including phenoxy) is 2. The van der Waals surface area contributed by atoms with Gasteiger partial charge in [0.25, 0.3) is 5.91 Å². The molecule has 1 fully saturated rings. The molecule has 1 amide bonds. The first-order valence-corrected chi connectivity index (χ1v) is 10.0. The lowest BCUT2D eigenvalue weighted by molar-refractivity contribution is 0.0730. The lowest BCUT2D eigenvalue weighted by Crippen LogP contribution is -2.40. The van der Waals surface area contributed by atoms with E-state index in [0.29, 0.717) is 44.2 Å². The molecule has 0 bridgehead atoms. The van der Waals surface area contributed by atoms with Crippen molar-refractivity contribution in [3.8, 4) is 5.75 Å². The van der Waals surface area contributed by atoms with Gasteiger partial charge in [-0.2, -0.15) is 4.31 Å². The normalized spacial score (nSPS) is 15.3. The quantitative estimate of drug-likeness (QED) is 0.811. The van der Waals surface area contributed by atoms with E-state index in [0.717, 1.165) is 5.56 Å². The summed E-state index contributed by atoms with van der Waals surface area (Å²) in [6.07, 6.45) is 0. The van der Waals surface area contributed by atoms with Crippen LogP contribution in [0.2, 0.25) is 0 Å². The van der Waals surface area contributed by atoms with Crippen LogP contribution >= 0.6 is 0 Å². The Kier molecular flexibility index (Phi) is 6.10. The van der Waals surface area contributed by atoms with Gasteiger partial charge in [-0.3, -0.25) is 4.79 Å². The van der Waals surface area contributed by atoms with E-state index in [2.05, 4.69) is 5.32 Å². The molecule has 2 aromatic rings. The molecule has 1 aliphatic rings. The number of benzene rings is 2. The first kappa shape index (κ1) is 19.3. The summed E-state index contributed by atoms with van der Waals surface area (Å²) in [4.78, 5) is 12.5. The summed E-state index contributed by atoms with van der Waals surface area (Å²) >= 11 is 0. The van der Waals surface area contributed by atoms with Crippen molar-refractivity contribution in [2.75, 3.05) is 33.4 Å². The van der Waals surface area contributed by atoms with Gasteiger partial charge in [0.05, 0.1) is 25.2 Å². The standard InChI is InChI=1S/C19H22N2O5S/c1-25-18-5-3-2-4-16(18)14-20-19(22)15-6-8-17(9-7-15)27(23,24)21-10-12-26-13-11-21/h2-9H,10-14H2,1H3,(H,20,22). The monoisotopic (exact) mass is 390 g/mol. The highest BCUT2D eigenvalue weighted by Crippen LogP contribution is 2.19. The Hall–Kier alpha value is -2.42. The number of hydrogen-bond donors (Lipinski definition) is 1. The molecule has 1 aliphatic heterocycles. The molecule has 1 saturated heterocycles. The molecule has 0 aromatic heterocycles. The number of nitrogens with one attached hydrogen (secondary N) is 1. The molecule has 0 atom stereocenters. The number of sulfonamides is 1. The predicted octanol–water partition coefficient (Wildman–Crippen LogP) is 1.65. The van der Waals surface area contributed by atoms with Gasteiger partial charge in [-0.15, -0.1) is 0 Å². The molecule has 0 spiro atoms. The zero-order chi connectivity index (χ0) is 19.3. The van der Waals surface area contributed by atoms with Gasteiger partial charge in [-0.05, 0) is 30.3 Å². The second kappa shape index (κ2) is 8.51. The highest BCUT2D eigenvalue weighted by molar-refractivity contribution is 7.89. The number of morpholine rings is 1. The van der Waals surface area contributed by atoms with E-state index in [1.807, 2.05) is 24.3 Å². The van der Waals surface area contributed by atoms with Crippen molar-refractivity contribution in [1.82, 2.24) is 9.62 Å².